The van der Waals surface area contributed by atoms with Crippen molar-refractivity contribution in [3.63, 3.8) is 0 Å². The highest BCUT2D eigenvalue weighted by Crippen LogP contribution is 2.80. The third-order valence-corrected chi connectivity index (χ3v) is 13.3. The molecule has 5 saturated carbocycles. The lowest BCUT2D eigenvalue weighted by Crippen LogP contribution is -2.77. The van der Waals surface area contributed by atoms with Crippen molar-refractivity contribution in [3.05, 3.63) is 29.8 Å². The molecule has 0 unspecified atom stereocenters. The van der Waals surface area contributed by atoms with Gasteiger partial charge >= 0.3 is 11.9 Å². The minimum absolute atomic E-state index is 0.00534. The van der Waals surface area contributed by atoms with Crippen molar-refractivity contribution < 1.29 is 47.9 Å². The smallest absolute Gasteiger partial charge is 0.338 e. The number of aliphatic hydroxyl groups is 1. The standard InChI is InChI=1S/C35H49NO10/c1-8-36-17-32(18-40-3)14-13-23(42-5)35-22-15-33(39)24(43-6)16-34(46-19(2)37,26(29(35)36)27(44-7)28(32)35)25(22)30(33)45-31(38)20-9-11-21(41-4)12-10-20/h9-12,22-30,39H,8,13-18H2,1-7H3/t22-,23+,24+,25-,26+,27+,28+,29-,30-,32+,33+,34-,35+/m1/s1. The fourth-order valence-corrected chi connectivity index (χ4v) is 12.4. The summed E-state index contributed by atoms with van der Waals surface area (Å²) < 4.78 is 43.6. The Balaban J connectivity index is 1.46. The molecule has 1 aromatic rings. The predicted octanol–water partition coefficient (Wildman–Crippen LogP) is 2.72. The first-order chi connectivity index (χ1) is 22.1. The maximum Gasteiger partial charge on any atom is 0.338 e. The zero-order valence-corrected chi connectivity index (χ0v) is 28.0. The van der Waals surface area contributed by atoms with E-state index in [9.17, 15) is 14.7 Å². The Morgan fingerprint density at radius 3 is 2.28 bits per heavy atom. The number of benzene rings is 1. The highest BCUT2D eigenvalue weighted by Gasteiger charge is 2.89. The predicted molar refractivity (Wildman–Crippen MR) is 164 cm³/mol. The molecule has 6 aliphatic rings. The topological polar surface area (TPSA) is 122 Å². The van der Waals surface area contributed by atoms with Crippen LogP contribution in [-0.2, 0) is 33.2 Å². The second-order valence-electron chi connectivity index (χ2n) is 14.6. The molecule has 254 valence electrons. The van der Waals surface area contributed by atoms with Gasteiger partial charge in [0.05, 0.1) is 37.6 Å². The summed E-state index contributed by atoms with van der Waals surface area (Å²) in [6.45, 7) is 5.80. The number of nitrogens with zero attached hydrogens (tertiary/aromatic N) is 1. The first-order valence-electron chi connectivity index (χ1n) is 16.6. The van der Waals surface area contributed by atoms with E-state index in [-0.39, 0.29) is 47.8 Å². The van der Waals surface area contributed by atoms with Crippen LogP contribution in [0.2, 0.25) is 0 Å². The fourth-order valence-electron chi connectivity index (χ4n) is 12.4. The van der Waals surface area contributed by atoms with Gasteiger partial charge in [0, 0.05) is 83.0 Å². The number of carbonyl (C=O) groups excluding carboxylic acids is 2. The van der Waals surface area contributed by atoms with Gasteiger partial charge in [-0.05, 0) is 56.0 Å². The quantitative estimate of drug-likeness (QED) is 0.379. The van der Waals surface area contributed by atoms with Crippen molar-refractivity contribution in [3.8, 4) is 5.75 Å². The summed E-state index contributed by atoms with van der Waals surface area (Å²) in [5, 5.41) is 12.8. The summed E-state index contributed by atoms with van der Waals surface area (Å²) >= 11 is 0. The Hall–Kier alpha value is -2.28. The van der Waals surface area contributed by atoms with Crippen LogP contribution in [0.5, 0.6) is 5.75 Å². The SMILES string of the molecule is CCN1C[C@]2(COC)CC[C@H](OC)[C@@]34[C@@H]5C[C@]6(O)[C@@H](OC)C[C@@](OC(C)=O)([C@H]5[C@H]6OC(=O)c5ccc(OC)cc5)[C@@H]([C@H](OC)[C@@H]23)[C@@H]14. The van der Waals surface area contributed by atoms with Crippen LogP contribution in [-0.4, -0.2) is 119 Å². The molecule has 1 saturated heterocycles. The molecule has 46 heavy (non-hydrogen) atoms. The largest absolute Gasteiger partial charge is 0.497 e. The molecule has 5 aliphatic carbocycles. The van der Waals surface area contributed by atoms with Crippen molar-refractivity contribution in [2.24, 2.45) is 34.5 Å². The van der Waals surface area contributed by atoms with E-state index in [1.807, 2.05) is 0 Å². The number of methoxy groups -OCH3 is 5. The van der Waals surface area contributed by atoms with Crippen molar-refractivity contribution in [2.75, 3.05) is 55.2 Å². The van der Waals surface area contributed by atoms with Crippen LogP contribution in [0.25, 0.3) is 0 Å². The molecule has 6 fully saturated rings. The maximum absolute atomic E-state index is 13.9. The number of piperidine rings is 1. The van der Waals surface area contributed by atoms with E-state index in [0.717, 1.165) is 25.9 Å². The summed E-state index contributed by atoms with van der Waals surface area (Å²) in [7, 11) is 8.44. The number of fused-ring (bicyclic) bond motifs is 2. The van der Waals surface area contributed by atoms with Crippen LogP contribution in [0.15, 0.2) is 24.3 Å². The highest BCUT2D eigenvalue weighted by molar-refractivity contribution is 5.89. The molecule has 0 radical (unpaired) electrons. The van der Waals surface area contributed by atoms with Crippen LogP contribution in [0.3, 0.4) is 0 Å². The van der Waals surface area contributed by atoms with E-state index in [2.05, 4.69) is 11.8 Å². The minimum atomic E-state index is -1.51. The van der Waals surface area contributed by atoms with Gasteiger partial charge in [-0.1, -0.05) is 6.92 Å². The van der Waals surface area contributed by atoms with Gasteiger partial charge in [0.1, 0.15) is 23.1 Å². The average Bonchev–Trinajstić information content (AvgIpc) is 3.42. The number of carbonyl (C=O) groups is 2. The lowest BCUT2D eigenvalue weighted by Gasteiger charge is -2.69. The van der Waals surface area contributed by atoms with Crippen LogP contribution >= 0.6 is 0 Å². The van der Waals surface area contributed by atoms with Crippen LogP contribution in [0, 0.1) is 34.5 Å². The van der Waals surface area contributed by atoms with E-state index < -0.39 is 46.7 Å². The van der Waals surface area contributed by atoms with Crippen LogP contribution < -0.4 is 4.74 Å². The molecule has 1 N–H and O–H groups in total. The molecule has 7 bridgehead atoms. The molecule has 11 heteroatoms. The Bertz CT molecular complexity index is 1360. The van der Waals surface area contributed by atoms with Gasteiger partial charge in [-0.15, -0.1) is 0 Å². The lowest BCUT2D eigenvalue weighted by atomic mass is 9.43. The van der Waals surface area contributed by atoms with Gasteiger partial charge in [0.2, 0.25) is 0 Å². The van der Waals surface area contributed by atoms with E-state index in [1.54, 1.807) is 59.8 Å². The highest BCUT2D eigenvalue weighted by atomic mass is 16.6. The van der Waals surface area contributed by atoms with Crippen LogP contribution in [0.1, 0.15) is 49.9 Å². The Labute approximate surface area is 271 Å². The molecule has 1 aromatic carbocycles. The summed E-state index contributed by atoms with van der Waals surface area (Å²) in [6.07, 6.45) is 0.142. The summed E-state index contributed by atoms with van der Waals surface area (Å²) in [5.41, 5.74) is -3.03. The first kappa shape index (κ1) is 32.3. The van der Waals surface area contributed by atoms with E-state index in [0.29, 0.717) is 24.3 Å². The summed E-state index contributed by atoms with van der Waals surface area (Å²) in [6, 6.07) is 6.66. The van der Waals surface area contributed by atoms with Crippen molar-refractivity contribution in [1.82, 2.24) is 4.90 Å². The van der Waals surface area contributed by atoms with Gasteiger partial charge < -0.3 is 38.3 Å². The molecule has 1 aliphatic heterocycles. The number of likely N-dealkylation sites (tertiary alicyclic amines) is 1. The molecule has 11 nitrogen and oxygen atoms in total. The Morgan fingerprint density at radius 1 is 0.978 bits per heavy atom. The lowest BCUT2D eigenvalue weighted by molar-refractivity contribution is -0.287. The normalized spacial score (nSPS) is 46.6. The van der Waals surface area contributed by atoms with E-state index in [1.165, 1.54) is 6.92 Å². The van der Waals surface area contributed by atoms with E-state index in [4.69, 9.17) is 33.2 Å². The molecular formula is C35H49NO10. The van der Waals surface area contributed by atoms with Crippen LogP contribution in [0.4, 0.5) is 0 Å². The third-order valence-electron chi connectivity index (χ3n) is 13.3. The Kier molecular flexibility index (Phi) is 7.81. The number of ether oxygens (including phenoxy) is 7. The molecule has 13 atom stereocenters. The molecule has 7 rings (SSSR count). The maximum atomic E-state index is 13.9. The van der Waals surface area contributed by atoms with Gasteiger partial charge in [0.15, 0.2) is 0 Å². The second-order valence-corrected chi connectivity index (χ2v) is 14.6. The third kappa shape index (κ3) is 3.87. The van der Waals surface area contributed by atoms with Gasteiger partial charge in [-0.3, -0.25) is 9.69 Å². The van der Waals surface area contributed by atoms with E-state index >= 15 is 0 Å². The van der Waals surface area contributed by atoms with Crippen molar-refractivity contribution >= 4 is 11.9 Å². The van der Waals surface area contributed by atoms with Gasteiger partial charge in [-0.25, -0.2) is 4.79 Å². The average molecular weight is 644 g/mol. The molecule has 1 spiro atoms. The van der Waals surface area contributed by atoms with Gasteiger partial charge in [-0.2, -0.15) is 0 Å². The molecule has 1 heterocycles. The molecular weight excluding hydrogens is 594 g/mol. The van der Waals surface area contributed by atoms with Crippen molar-refractivity contribution in [1.29, 1.82) is 0 Å². The first-order valence-corrected chi connectivity index (χ1v) is 16.6. The summed E-state index contributed by atoms with van der Waals surface area (Å²) in [5.74, 6) is -1.38. The zero-order valence-electron chi connectivity index (χ0n) is 28.0. The second kappa shape index (κ2) is 11.1. The zero-order chi connectivity index (χ0) is 32.8. The number of hydrogen-bond donors (Lipinski definition) is 1. The number of hydrogen-bond acceptors (Lipinski definition) is 11. The monoisotopic (exact) mass is 643 g/mol. The number of esters is 2. The fraction of sp³-hybridized carbons (Fsp3) is 0.771. The van der Waals surface area contributed by atoms with Crippen molar-refractivity contribution in [2.45, 2.75) is 81.2 Å². The number of rotatable bonds is 10. The summed E-state index contributed by atoms with van der Waals surface area (Å²) in [4.78, 5) is 29.7. The van der Waals surface area contributed by atoms with Gasteiger partial charge in [0.25, 0.3) is 0 Å². The minimum Gasteiger partial charge on any atom is -0.497 e. The Morgan fingerprint density at radius 2 is 1.70 bits per heavy atom. The molecule has 0 amide bonds. The molecule has 0 aromatic heterocycles.